The van der Waals surface area contributed by atoms with Crippen LogP contribution in [0.1, 0.15) is 11.3 Å². The van der Waals surface area contributed by atoms with Crippen LogP contribution in [0.15, 0.2) is 30.3 Å². The van der Waals surface area contributed by atoms with Crippen LogP contribution in [0.2, 0.25) is 5.02 Å². The van der Waals surface area contributed by atoms with E-state index in [2.05, 4.69) is 4.98 Å². The Morgan fingerprint density at radius 3 is 2.78 bits per heavy atom. The maximum atomic E-state index is 13.1. The van der Waals surface area contributed by atoms with E-state index in [4.69, 9.17) is 22.1 Å². The number of nitrogens with zero attached hydrogens (tertiary/aromatic N) is 1. The van der Waals surface area contributed by atoms with Crippen LogP contribution < -0.4 is 10.5 Å². The second-order valence-electron chi connectivity index (χ2n) is 3.80. The maximum absolute atomic E-state index is 13.1. The lowest BCUT2D eigenvalue weighted by Crippen LogP contribution is -2.01. The fraction of sp³-hybridized carbons (Fsp3) is 0.154. The summed E-state index contributed by atoms with van der Waals surface area (Å²) < 4.78 is 18.6. The SMILES string of the molecule is Cc1cc(Oc2ccc(Cl)c(CN)n2)ccc1F. The number of benzene rings is 1. The van der Waals surface area contributed by atoms with Crippen LogP contribution >= 0.6 is 11.6 Å². The summed E-state index contributed by atoms with van der Waals surface area (Å²) in [5.41, 5.74) is 6.58. The van der Waals surface area contributed by atoms with Crippen molar-refractivity contribution < 1.29 is 9.13 Å². The molecule has 0 aliphatic rings. The van der Waals surface area contributed by atoms with Crippen molar-refractivity contribution in [2.75, 3.05) is 0 Å². The van der Waals surface area contributed by atoms with Crippen molar-refractivity contribution in [3.05, 3.63) is 52.4 Å². The first kappa shape index (κ1) is 12.8. The number of hydrogen-bond acceptors (Lipinski definition) is 3. The summed E-state index contributed by atoms with van der Waals surface area (Å²) in [7, 11) is 0. The van der Waals surface area contributed by atoms with Crippen LogP contribution in [0.3, 0.4) is 0 Å². The van der Waals surface area contributed by atoms with Crippen molar-refractivity contribution in [3.63, 3.8) is 0 Å². The van der Waals surface area contributed by atoms with Crippen LogP contribution in [-0.2, 0) is 6.54 Å². The molecule has 94 valence electrons. The van der Waals surface area contributed by atoms with Gasteiger partial charge in [-0.25, -0.2) is 9.37 Å². The summed E-state index contributed by atoms with van der Waals surface area (Å²) in [4.78, 5) is 4.17. The molecule has 0 unspecified atom stereocenters. The Balaban J connectivity index is 2.25. The molecule has 18 heavy (non-hydrogen) atoms. The van der Waals surface area contributed by atoms with Crippen LogP contribution in [-0.4, -0.2) is 4.98 Å². The zero-order valence-electron chi connectivity index (χ0n) is 9.78. The Labute approximate surface area is 109 Å². The number of aryl methyl sites for hydroxylation is 1. The van der Waals surface area contributed by atoms with Gasteiger partial charge in [0.2, 0.25) is 5.88 Å². The molecule has 0 spiro atoms. The molecule has 5 heteroatoms. The number of nitrogens with two attached hydrogens (primary N) is 1. The third-order valence-electron chi connectivity index (χ3n) is 2.44. The minimum atomic E-state index is -0.269. The van der Waals surface area contributed by atoms with Gasteiger partial charge in [0.05, 0.1) is 10.7 Å². The van der Waals surface area contributed by atoms with Crippen molar-refractivity contribution in [1.82, 2.24) is 4.98 Å². The topological polar surface area (TPSA) is 48.1 Å². The van der Waals surface area contributed by atoms with Gasteiger partial charge < -0.3 is 10.5 Å². The molecule has 2 aromatic rings. The highest BCUT2D eigenvalue weighted by Crippen LogP contribution is 2.24. The van der Waals surface area contributed by atoms with E-state index in [0.29, 0.717) is 27.9 Å². The van der Waals surface area contributed by atoms with Gasteiger partial charge in [0.15, 0.2) is 0 Å². The highest BCUT2D eigenvalue weighted by Gasteiger charge is 2.05. The van der Waals surface area contributed by atoms with Crippen molar-refractivity contribution in [2.24, 2.45) is 5.73 Å². The monoisotopic (exact) mass is 266 g/mol. The number of rotatable bonds is 3. The molecule has 1 aromatic heterocycles. The van der Waals surface area contributed by atoms with Gasteiger partial charge in [-0.2, -0.15) is 0 Å². The Bertz CT molecular complexity index is 575. The van der Waals surface area contributed by atoms with Gasteiger partial charge in [0.25, 0.3) is 0 Å². The number of aromatic nitrogens is 1. The van der Waals surface area contributed by atoms with E-state index in [9.17, 15) is 4.39 Å². The number of hydrogen-bond donors (Lipinski definition) is 1. The summed E-state index contributed by atoms with van der Waals surface area (Å²) in [6.07, 6.45) is 0. The molecule has 0 aliphatic heterocycles. The zero-order chi connectivity index (χ0) is 13.1. The zero-order valence-corrected chi connectivity index (χ0v) is 10.5. The van der Waals surface area contributed by atoms with Gasteiger partial charge in [0.1, 0.15) is 11.6 Å². The molecule has 1 heterocycles. The van der Waals surface area contributed by atoms with E-state index in [1.807, 2.05) is 0 Å². The smallest absolute Gasteiger partial charge is 0.219 e. The van der Waals surface area contributed by atoms with Gasteiger partial charge in [-0.3, -0.25) is 0 Å². The summed E-state index contributed by atoms with van der Waals surface area (Å²) in [6.45, 7) is 1.90. The highest BCUT2D eigenvalue weighted by molar-refractivity contribution is 6.31. The lowest BCUT2D eigenvalue weighted by atomic mass is 10.2. The van der Waals surface area contributed by atoms with Crippen molar-refractivity contribution in [1.29, 1.82) is 0 Å². The van der Waals surface area contributed by atoms with E-state index >= 15 is 0 Å². The second kappa shape index (κ2) is 5.33. The lowest BCUT2D eigenvalue weighted by molar-refractivity contribution is 0.458. The molecule has 1 aromatic carbocycles. The first-order chi connectivity index (χ1) is 8.60. The van der Waals surface area contributed by atoms with Crippen LogP contribution in [0.4, 0.5) is 4.39 Å². The number of halogens is 2. The minimum Gasteiger partial charge on any atom is -0.439 e. The predicted molar refractivity (Wildman–Crippen MR) is 68.3 cm³/mol. The van der Waals surface area contributed by atoms with Crippen LogP contribution in [0, 0.1) is 12.7 Å². The van der Waals surface area contributed by atoms with E-state index in [1.54, 1.807) is 31.2 Å². The Morgan fingerprint density at radius 1 is 1.33 bits per heavy atom. The standard InChI is InChI=1S/C13H12ClFN2O/c1-8-6-9(2-4-11(8)15)18-13-5-3-10(14)12(7-16)17-13/h2-6H,7,16H2,1H3. The Hall–Kier alpha value is -1.65. The van der Waals surface area contributed by atoms with E-state index in [0.717, 1.165) is 0 Å². The molecule has 0 bridgehead atoms. The minimum absolute atomic E-state index is 0.235. The first-order valence-electron chi connectivity index (χ1n) is 5.39. The summed E-state index contributed by atoms with van der Waals surface area (Å²) in [6, 6.07) is 7.81. The molecule has 0 radical (unpaired) electrons. The lowest BCUT2D eigenvalue weighted by Gasteiger charge is -2.08. The molecule has 0 saturated heterocycles. The van der Waals surface area contributed by atoms with Gasteiger partial charge >= 0.3 is 0 Å². The Kier molecular flexibility index (Phi) is 3.79. The summed E-state index contributed by atoms with van der Waals surface area (Å²) in [5.74, 6) is 0.631. The average molecular weight is 267 g/mol. The third-order valence-corrected chi connectivity index (χ3v) is 2.78. The summed E-state index contributed by atoms with van der Waals surface area (Å²) >= 11 is 5.90. The van der Waals surface area contributed by atoms with Crippen molar-refractivity contribution in [3.8, 4) is 11.6 Å². The molecule has 0 atom stereocenters. The van der Waals surface area contributed by atoms with Gasteiger partial charge in [0, 0.05) is 12.6 Å². The maximum Gasteiger partial charge on any atom is 0.219 e. The van der Waals surface area contributed by atoms with E-state index < -0.39 is 0 Å². The van der Waals surface area contributed by atoms with Crippen LogP contribution in [0.5, 0.6) is 11.6 Å². The summed E-state index contributed by atoms with van der Waals surface area (Å²) in [5, 5.41) is 0.500. The molecule has 2 rings (SSSR count). The average Bonchev–Trinajstić information content (AvgIpc) is 2.36. The normalized spacial score (nSPS) is 10.4. The van der Waals surface area contributed by atoms with E-state index in [1.165, 1.54) is 6.07 Å². The molecular weight excluding hydrogens is 255 g/mol. The fourth-order valence-electron chi connectivity index (χ4n) is 1.47. The third kappa shape index (κ3) is 2.78. The molecule has 0 fully saturated rings. The molecule has 0 aliphatic carbocycles. The van der Waals surface area contributed by atoms with Crippen molar-refractivity contribution in [2.45, 2.75) is 13.5 Å². The van der Waals surface area contributed by atoms with Crippen molar-refractivity contribution >= 4 is 11.6 Å². The molecule has 0 saturated carbocycles. The van der Waals surface area contributed by atoms with Crippen LogP contribution in [0.25, 0.3) is 0 Å². The first-order valence-corrected chi connectivity index (χ1v) is 5.77. The van der Waals surface area contributed by atoms with Gasteiger partial charge in [-0.1, -0.05) is 11.6 Å². The van der Waals surface area contributed by atoms with Gasteiger partial charge in [-0.15, -0.1) is 0 Å². The van der Waals surface area contributed by atoms with E-state index in [-0.39, 0.29) is 12.4 Å². The Morgan fingerprint density at radius 2 is 2.11 bits per heavy atom. The molecule has 2 N–H and O–H groups in total. The quantitative estimate of drug-likeness (QED) is 0.926. The highest BCUT2D eigenvalue weighted by atomic mass is 35.5. The fourth-order valence-corrected chi connectivity index (χ4v) is 1.65. The second-order valence-corrected chi connectivity index (χ2v) is 4.20. The predicted octanol–water partition coefficient (Wildman–Crippen LogP) is 3.43. The molecule has 3 nitrogen and oxygen atoms in total. The van der Waals surface area contributed by atoms with Gasteiger partial charge in [-0.05, 0) is 36.8 Å². The molecule has 0 amide bonds. The largest absolute Gasteiger partial charge is 0.439 e. The molecular formula is C13H12ClFN2O. The number of pyridine rings is 1. The number of ether oxygens (including phenoxy) is 1.